The van der Waals surface area contributed by atoms with Gasteiger partial charge in [-0.15, -0.1) is 0 Å². The number of thioether (sulfide) groups is 1. The lowest BCUT2D eigenvalue weighted by Crippen LogP contribution is -2.28. The van der Waals surface area contributed by atoms with Gasteiger partial charge in [-0.1, -0.05) is 0 Å². The van der Waals surface area contributed by atoms with Crippen molar-refractivity contribution in [1.82, 2.24) is 4.90 Å². The number of carbonyl (C=O) groups is 1. The van der Waals surface area contributed by atoms with Crippen LogP contribution in [0.5, 0.6) is 0 Å². The minimum Gasteiger partial charge on any atom is -0.287 e. The number of aliphatic imine (C=N–C) groups is 1. The molecule has 1 fully saturated rings. The Labute approximate surface area is 109 Å². The van der Waals surface area contributed by atoms with Crippen LogP contribution in [-0.4, -0.2) is 29.1 Å². The fraction of sp³-hybridized carbons (Fsp3) is 0.333. The van der Waals surface area contributed by atoms with E-state index in [-0.39, 0.29) is 5.91 Å². The molecule has 90 valence electrons. The lowest BCUT2D eigenvalue weighted by atomic mass is 10.3. The molecule has 2 rings (SSSR count). The van der Waals surface area contributed by atoms with Crippen molar-refractivity contribution in [3.05, 3.63) is 27.3 Å². The first kappa shape index (κ1) is 12.4. The summed E-state index contributed by atoms with van der Waals surface area (Å²) in [5.74, 6) is 0.0656. The Morgan fingerprint density at radius 1 is 1.47 bits per heavy atom. The standard InChI is InChI=1S/C12H14N2OS2/c1-3-13-12-14(4-2)11(15)10(17-12)7-9-5-6-16-8-9/h5-8H,3-4H2,1-2H3/b10-7-,13-12?. The molecule has 17 heavy (non-hydrogen) atoms. The molecule has 0 N–H and O–H groups in total. The van der Waals surface area contributed by atoms with Crippen LogP contribution in [0.25, 0.3) is 6.08 Å². The van der Waals surface area contributed by atoms with E-state index in [1.807, 2.05) is 36.7 Å². The topological polar surface area (TPSA) is 32.7 Å². The number of hydrogen-bond acceptors (Lipinski definition) is 4. The lowest BCUT2D eigenvalue weighted by Gasteiger charge is -2.11. The highest BCUT2D eigenvalue weighted by Crippen LogP contribution is 2.32. The summed E-state index contributed by atoms with van der Waals surface area (Å²) in [5.41, 5.74) is 1.08. The van der Waals surface area contributed by atoms with Crippen LogP contribution in [0.2, 0.25) is 0 Å². The summed E-state index contributed by atoms with van der Waals surface area (Å²) < 4.78 is 0. The summed E-state index contributed by atoms with van der Waals surface area (Å²) in [6.45, 7) is 5.33. The van der Waals surface area contributed by atoms with Crippen molar-refractivity contribution >= 4 is 40.2 Å². The molecule has 0 aromatic carbocycles. The zero-order valence-corrected chi connectivity index (χ0v) is 11.5. The second-order valence-corrected chi connectivity index (χ2v) is 5.26. The van der Waals surface area contributed by atoms with Crippen molar-refractivity contribution in [3.8, 4) is 0 Å². The molecule has 3 nitrogen and oxygen atoms in total. The highest BCUT2D eigenvalue weighted by atomic mass is 32.2. The van der Waals surface area contributed by atoms with Crippen LogP contribution in [0.1, 0.15) is 19.4 Å². The van der Waals surface area contributed by atoms with Gasteiger partial charge in [0.1, 0.15) is 0 Å². The van der Waals surface area contributed by atoms with Crippen LogP contribution in [0.15, 0.2) is 26.7 Å². The SMILES string of the molecule is CCN=C1S/C(=C\c2ccsc2)C(=O)N1CC. The molecular formula is C12H14N2OS2. The van der Waals surface area contributed by atoms with Gasteiger partial charge >= 0.3 is 0 Å². The summed E-state index contributed by atoms with van der Waals surface area (Å²) in [6, 6.07) is 2.01. The quantitative estimate of drug-likeness (QED) is 0.788. The number of likely N-dealkylation sites (N-methyl/N-ethyl adjacent to an activating group) is 1. The molecule has 0 atom stereocenters. The van der Waals surface area contributed by atoms with E-state index in [2.05, 4.69) is 4.99 Å². The molecule has 1 aliphatic rings. The van der Waals surface area contributed by atoms with Crippen LogP contribution in [0.4, 0.5) is 0 Å². The van der Waals surface area contributed by atoms with Gasteiger partial charge in [0.05, 0.1) is 4.91 Å². The average molecular weight is 266 g/mol. The van der Waals surface area contributed by atoms with Crippen molar-refractivity contribution in [2.24, 2.45) is 4.99 Å². The highest BCUT2D eigenvalue weighted by Gasteiger charge is 2.31. The third-order valence-corrected chi connectivity index (χ3v) is 4.08. The lowest BCUT2D eigenvalue weighted by molar-refractivity contribution is -0.122. The number of rotatable bonds is 3. The molecule has 5 heteroatoms. The molecule has 1 amide bonds. The summed E-state index contributed by atoms with van der Waals surface area (Å²) in [4.78, 5) is 18.9. The van der Waals surface area contributed by atoms with E-state index in [9.17, 15) is 4.79 Å². The Morgan fingerprint density at radius 2 is 2.29 bits per heavy atom. The van der Waals surface area contributed by atoms with Crippen molar-refractivity contribution in [2.75, 3.05) is 13.1 Å². The maximum absolute atomic E-state index is 12.1. The van der Waals surface area contributed by atoms with Gasteiger partial charge in [0.15, 0.2) is 5.17 Å². The summed E-state index contributed by atoms with van der Waals surface area (Å²) in [5, 5.41) is 4.86. The Kier molecular flexibility index (Phi) is 4.02. The van der Waals surface area contributed by atoms with Crippen LogP contribution in [0.3, 0.4) is 0 Å². The first-order chi connectivity index (χ1) is 8.26. The molecule has 0 unspecified atom stereocenters. The van der Waals surface area contributed by atoms with Crippen molar-refractivity contribution in [2.45, 2.75) is 13.8 Å². The Morgan fingerprint density at radius 3 is 2.88 bits per heavy atom. The summed E-state index contributed by atoms with van der Waals surface area (Å²) >= 11 is 3.10. The predicted octanol–water partition coefficient (Wildman–Crippen LogP) is 3.06. The first-order valence-electron chi connectivity index (χ1n) is 5.54. The van der Waals surface area contributed by atoms with Crippen LogP contribution >= 0.6 is 23.1 Å². The van der Waals surface area contributed by atoms with Crippen LogP contribution in [0, 0.1) is 0 Å². The highest BCUT2D eigenvalue weighted by molar-refractivity contribution is 8.18. The fourth-order valence-corrected chi connectivity index (χ4v) is 3.27. The van der Waals surface area contributed by atoms with Crippen molar-refractivity contribution < 1.29 is 4.79 Å². The normalized spacial score (nSPS) is 20.8. The van der Waals surface area contributed by atoms with E-state index in [0.717, 1.165) is 15.6 Å². The van der Waals surface area contributed by atoms with Gasteiger partial charge in [-0.2, -0.15) is 11.3 Å². The molecular weight excluding hydrogens is 252 g/mol. The Hall–Kier alpha value is -1.07. The smallest absolute Gasteiger partial charge is 0.266 e. The third-order valence-electron chi connectivity index (χ3n) is 2.34. The predicted molar refractivity (Wildman–Crippen MR) is 75.3 cm³/mol. The molecule has 2 heterocycles. The van der Waals surface area contributed by atoms with E-state index in [1.54, 1.807) is 16.2 Å². The second kappa shape index (κ2) is 5.51. The molecule has 1 aromatic heterocycles. The Balaban J connectivity index is 2.27. The van der Waals surface area contributed by atoms with Gasteiger partial charge in [-0.25, -0.2) is 0 Å². The number of thiophene rings is 1. The third kappa shape index (κ3) is 2.61. The molecule has 0 bridgehead atoms. The monoisotopic (exact) mass is 266 g/mol. The average Bonchev–Trinajstić information content (AvgIpc) is 2.90. The van der Waals surface area contributed by atoms with Gasteiger partial charge in [0.25, 0.3) is 5.91 Å². The zero-order valence-electron chi connectivity index (χ0n) is 9.84. The maximum Gasteiger partial charge on any atom is 0.266 e. The van der Waals surface area contributed by atoms with Gasteiger partial charge in [0.2, 0.25) is 0 Å². The van der Waals surface area contributed by atoms with E-state index in [0.29, 0.717) is 13.1 Å². The van der Waals surface area contributed by atoms with Crippen LogP contribution < -0.4 is 0 Å². The number of carbonyl (C=O) groups excluding carboxylic acids is 1. The molecule has 1 aliphatic heterocycles. The molecule has 1 aromatic rings. The second-order valence-electron chi connectivity index (χ2n) is 3.47. The summed E-state index contributed by atoms with van der Waals surface area (Å²) in [6.07, 6.45) is 1.93. The molecule has 1 saturated heterocycles. The fourth-order valence-electron chi connectivity index (χ4n) is 1.55. The summed E-state index contributed by atoms with van der Waals surface area (Å²) in [7, 11) is 0. The molecule has 0 saturated carbocycles. The maximum atomic E-state index is 12.1. The number of amidine groups is 1. The minimum atomic E-state index is 0.0656. The molecule has 0 aliphatic carbocycles. The van der Waals surface area contributed by atoms with Gasteiger partial charge < -0.3 is 0 Å². The van der Waals surface area contributed by atoms with Gasteiger partial charge in [-0.05, 0) is 54.1 Å². The Bertz CT molecular complexity index is 463. The molecule has 0 radical (unpaired) electrons. The minimum absolute atomic E-state index is 0.0656. The largest absolute Gasteiger partial charge is 0.287 e. The van der Waals surface area contributed by atoms with E-state index in [1.165, 1.54) is 11.8 Å². The van der Waals surface area contributed by atoms with Crippen molar-refractivity contribution in [3.63, 3.8) is 0 Å². The van der Waals surface area contributed by atoms with Gasteiger partial charge in [-0.3, -0.25) is 14.7 Å². The van der Waals surface area contributed by atoms with Crippen LogP contribution in [-0.2, 0) is 4.79 Å². The first-order valence-corrected chi connectivity index (χ1v) is 7.30. The number of amides is 1. The zero-order chi connectivity index (χ0) is 12.3. The van der Waals surface area contributed by atoms with E-state index in [4.69, 9.17) is 0 Å². The number of hydrogen-bond donors (Lipinski definition) is 0. The van der Waals surface area contributed by atoms with Gasteiger partial charge in [0, 0.05) is 13.1 Å². The molecule has 0 spiro atoms. The van der Waals surface area contributed by atoms with E-state index >= 15 is 0 Å². The van der Waals surface area contributed by atoms with E-state index < -0.39 is 0 Å². The van der Waals surface area contributed by atoms with Crippen molar-refractivity contribution in [1.29, 1.82) is 0 Å². The number of nitrogens with zero attached hydrogens (tertiary/aromatic N) is 2.